The van der Waals surface area contributed by atoms with E-state index in [1.165, 1.54) is 12.0 Å². The van der Waals surface area contributed by atoms with Crippen LogP contribution in [-0.2, 0) is 0 Å². The van der Waals surface area contributed by atoms with Crippen LogP contribution in [0.1, 0.15) is 6.92 Å². The van der Waals surface area contributed by atoms with Crippen LogP contribution in [0.4, 0.5) is 14.9 Å². The van der Waals surface area contributed by atoms with Crippen LogP contribution >= 0.6 is 35.1 Å². The number of rotatable bonds is 4. The summed E-state index contributed by atoms with van der Waals surface area (Å²) in [4.78, 5) is 13.7. The zero-order valence-corrected chi connectivity index (χ0v) is 13.0. The fourth-order valence-electron chi connectivity index (χ4n) is 1.81. The van der Waals surface area contributed by atoms with E-state index in [1.54, 1.807) is 31.2 Å². The number of alkyl halides is 3. The quantitative estimate of drug-likeness (QED) is 0.673. The lowest BCUT2D eigenvalue weighted by atomic mass is 10.2. The number of amides is 2. The summed E-state index contributed by atoms with van der Waals surface area (Å²) in [7, 11) is 1.53. The molecule has 110 valence electrons. The van der Waals surface area contributed by atoms with Crippen LogP contribution in [0, 0.1) is 0 Å². The molecule has 0 bridgehead atoms. The second-order valence-electron chi connectivity index (χ2n) is 3.99. The lowest BCUT2D eigenvalue weighted by Crippen LogP contribution is -2.34. The lowest BCUT2D eigenvalue weighted by Gasteiger charge is -2.19. The van der Waals surface area contributed by atoms with Gasteiger partial charge in [-0.1, -0.05) is 29.3 Å². The van der Waals surface area contributed by atoms with Crippen molar-refractivity contribution in [1.82, 2.24) is 9.84 Å². The van der Waals surface area contributed by atoms with Gasteiger partial charge >= 0.3 is 9.95 Å². The van der Waals surface area contributed by atoms with Gasteiger partial charge in [0.15, 0.2) is 0 Å². The van der Waals surface area contributed by atoms with Crippen LogP contribution in [0.3, 0.4) is 0 Å². The van der Waals surface area contributed by atoms with Crippen molar-refractivity contribution in [2.24, 2.45) is 0 Å². The molecule has 2 rings (SSSR count). The van der Waals surface area contributed by atoms with Crippen LogP contribution in [0.25, 0.3) is 0 Å². The number of hydrogen-bond donors (Lipinski definition) is 1. The minimum atomic E-state index is -2.59. The Morgan fingerprint density at radius 3 is 2.80 bits per heavy atom. The fourth-order valence-corrected chi connectivity index (χ4v) is 2.80. The molecule has 0 radical (unpaired) electrons. The number of carbonyl (C=O) groups excluding carboxylic acids is 1. The minimum absolute atomic E-state index is 0.349. The molecule has 1 aliphatic rings. The normalized spacial score (nSPS) is 19.6. The van der Waals surface area contributed by atoms with E-state index in [2.05, 4.69) is 5.43 Å². The number of ether oxygens (including phenoxy) is 1. The number of anilines is 1. The van der Waals surface area contributed by atoms with Crippen LogP contribution in [0.5, 0.6) is 5.75 Å². The largest absolute Gasteiger partial charge is 0.497 e. The van der Waals surface area contributed by atoms with Gasteiger partial charge in [0.25, 0.3) is 0 Å². The molecule has 1 heterocycles. The van der Waals surface area contributed by atoms with Gasteiger partial charge in [-0.3, -0.25) is 4.90 Å². The first kappa shape index (κ1) is 15.5. The van der Waals surface area contributed by atoms with E-state index >= 15 is 0 Å². The Labute approximate surface area is 130 Å². The average molecular weight is 340 g/mol. The highest BCUT2D eigenvalue weighted by Crippen LogP contribution is 2.40. The lowest BCUT2D eigenvalue weighted by molar-refractivity contribution is 0.235. The standard InChI is InChI=1S/C11H12Cl2FN3O2S/c1-7-15-17(20-11(12,13)14)10(18)16(7)8-4-3-5-9(6-8)19-2/h3-7,15H,1-2H3. The van der Waals surface area contributed by atoms with Crippen molar-refractivity contribution in [3.8, 4) is 5.75 Å². The Hall–Kier alpha value is -0.890. The number of hydrazine groups is 1. The summed E-state index contributed by atoms with van der Waals surface area (Å²) in [5.74, 6) is 0.614. The molecule has 0 spiro atoms. The number of nitrogens with one attached hydrogen (secondary N) is 1. The van der Waals surface area contributed by atoms with E-state index in [0.717, 1.165) is 4.41 Å². The molecule has 1 aliphatic heterocycles. The molecular weight excluding hydrogens is 328 g/mol. The molecule has 1 saturated heterocycles. The predicted molar refractivity (Wildman–Crippen MR) is 78.4 cm³/mol. The number of nitrogens with zero attached hydrogens (tertiary/aromatic N) is 2. The molecule has 0 aromatic heterocycles. The summed E-state index contributed by atoms with van der Waals surface area (Å²) < 4.78 is 16.7. The van der Waals surface area contributed by atoms with Gasteiger partial charge < -0.3 is 4.74 Å². The van der Waals surface area contributed by atoms with E-state index in [-0.39, 0.29) is 6.17 Å². The molecule has 9 heteroatoms. The van der Waals surface area contributed by atoms with E-state index in [0.29, 0.717) is 23.4 Å². The summed E-state index contributed by atoms with van der Waals surface area (Å²) >= 11 is 10.9. The first-order chi connectivity index (χ1) is 9.31. The van der Waals surface area contributed by atoms with Crippen molar-refractivity contribution >= 4 is 46.9 Å². The van der Waals surface area contributed by atoms with Gasteiger partial charge in [0.05, 0.1) is 12.8 Å². The molecular formula is C11H12Cl2FN3O2S. The third kappa shape index (κ3) is 3.41. The Balaban J connectivity index is 2.22. The zero-order valence-electron chi connectivity index (χ0n) is 10.6. The van der Waals surface area contributed by atoms with Crippen LogP contribution < -0.4 is 15.1 Å². The monoisotopic (exact) mass is 339 g/mol. The summed E-state index contributed by atoms with van der Waals surface area (Å²) in [6.45, 7) is 1.75. The fraction of sp³-hybridized carbons (Fsp3) is 0.364. The first-order valence-electron chi connectivity index (χ1n) is 5.61. The highest BCUT2D eigenvalue weighted by atomic mass is 35.5. The molecule has 1 atom stereocenters. The second-order valence-corrected chi connectivity index (χ2v) is 6.78. The number of halogens is 3. The van der Waals surface area contributed by atoms with Gasteiger partial charge in [-0.15, -0.1) is 0 Å². The SMILES string of the molecule is COc1cccc(N2C(=O)N(SC(F)(Cl)Cl)NC2C)c1. The Morgan fingerprint density at radius 1 is 1.50 bits per heavy atom. The van der Waals surface area contributed by atoms with Crippen molar-refractivity contribution in [3.63, 3.8) is 0 Å². The maximum atomic E-state index is 13.2. The highest BCUT2D eigenvalue weighted by Gasteiger charge is 2.41. The Bertz CT molecular complexity index is 515. The highest BCUT2D eigenvalue weighted by molar-refractivity contribution is 8.01. The van der Waals surface area contributed by atoms with Gasteiger partial charge in [0, 0.05) is 18.0 Å². The van der Waals surface area contributed by atoms with E-state index < -0.39 is 9.95 Å². The van der Waals surface area contributed by atoms with Crippen LogP contribution in [0.2, 0.25) is 0 Å². The predicted octanol–water partition coefficient (Wildman–Crippen LogP) is 3.49. The third-order valence-corrected chi connectivity index (χ3v) is 3.66. The first-order valence-corrected chi connectivity index (χ1v) is 7.14. The van der Waals surface area contributed by atoms with Gasteiger partial charge in [0.2, 0.25) is 0 Å². The van der Waals surface area contributed by atoms with Crippen LogP contribution in [-0.4, -0.2) is 27.6 Å². The Kier molecular flexibility index (Phi) is 4.53. The van der Waals surface area contributed by atoms with Crippen molar-refractivity contribution in [3.05, 3.63) is 24.3 Å². The Morgan fingerprint density at radius 2 is 2.20 bits per heavy atom. The minimum Gasteiger partial charge on any atom is -0.497 e. The average Bonchev–Trinajstić information content (AvgIpc) is 2.62. The van der Waals surface area contributed by atoms with Gasteiger partial charge in [-0.25, -0.2) is 4.79 Å². The van der Waals surface area contributed by atoms with E-state index in [1.807, 2.05) is 0 Å². The van der Waals surface area contributed by atoms with Gasteiger partial charge in [-0.05, 0) is 19.1 Å². The second kappa shape index (κ2) is 5.85. The number of benzene rings is 1. The number of methoxy groups -OCH3 is 1. The van der Waals surface area contributed by atoms with E-state index in [4.69, 9.17) is 27.9 Å². The molecule has 1 fully saturated rings. The summed E-state index contributed by atoms with van der Waals surface area (Å²) in [6, 6.07) is 6.50. The van der Waals surface area contributed by atoms with Crippen molar-refractivity contribution < 1.29 is 13.9 Å². The number of carbonyl (C=O) groups is 1. The third-order valence-electron chi connectivity index (χ3n) is 2.60. The molecule has 20 heavy (non-hydrogen) atoms. The summed E-state index contributed by atoms with van der Waals surface area (Å²) in [6.07, 6.45) is -0.377. The smallest absolute Gasteiger partial charge is 0.350 e. The summed E-state index contributed by atoms with van der Waals surface area (Å²) in [5.41, 5.74) is 3.39. The van der Waals surface area contributed by atoms with Gasteiger partial charge in [-0.2, -0.15) is 14.2 Å². The summed E-state index contributed by atoms with van der Waals surface area (Å²) in [5, 5.41) is 0. The van der Waals surface area contributed by atoms with Crippen molar-refractivity contribution in [1.29, 1.82) is 0 Å². The zero-order chi connectivity index (χ0) is 14.9. The van der Waals surface area contributed by atoms with Crippen LogP contribution in [0.15, 0.2) is 24.3 Å². The van der Waals surface area contributed by atoms with Gasteiger partial charge in [0.1, 0.15) is 11.9 Å². The molecule has 1 N–H and O–H groups in total. The molecule has 2 amide bonds. The molecule has 5 nitrogen and oxygen atoms in total. The maximum Gasteiger partial charge on any atom is 0.350 e. The molecule has 1 aromatic rings. The molecule has 0 saturated carbocycles. The molecule has 1 unspecified atom stereocenters. The topological polar surface area (TPSA) is 44.8 Å². The number of urea groups is 1. The van der Waals surface area contributed by atoms with Crippen molar-refractivity contribution in [2.75, 3.05) is 12.0 Å². The maximum absolute atomic E-state index is 13.2. The number of hydrogen-bond acceptors (Lipinski definition) is 4. The molecule has 0 aliphatic carbocycles. The van der Waals surface area contributed by atoms with E-state index in [9.17, 15) is 9.18 Å². The van der Waals surface area contributed by atoms with Crippen molar-refractivity contribution in [2.45, 2.75) is 17.0 Å². The molecule has 1 aromatic carbocycles.